The summed E-state index contributed by atoms with van der Waals surface area (Å²) in [6.07, 6.45) is 0.860. The summed E-state index contributed by atoms with van der Waals surface area (Å²) in [7, 11) is -3.35. The largest absolute Gasteiger partial charge is 0.243 e. The molecule has 1 fully saturated rings. The topological polar surface area (TPSA) is 37.4 Å². The molecule has 19 heavy (non-hydrogen) atoms. The summed E-state index contributed by atoms with van der Waals surface area (Å²) in [6.45, 7) is 6.76. The molecule has 2 rings (SSSR count). The molecule has 0 N–H and O–H groups in total. The third-order valence-electron chi connectivity index (χ3n) is 3.65. The number of sulfonamides is 1. The molecule has 0 saturated carbocycles. The summed E-state index contributed by atoms with van der Waals surface area (Å²) in [5.41, 5.74) is 1.08. The molecule has 1 aromatic carbocycles. The zero-order chi connectivity index (χ0) is 14.0. The van der Waals surface area contributed by atoms with Gasteiger partial charge in [0.25, 0.3) is 0 Å². The Kier molecular flexibility index (Phi) is 4.58. The lowest BCUT2D eigenvalue weighted by Crippen LogP contribution is -2.49. The molecule has 1 aliphatic heterocycles. The van der Waals surface area contributed by atoms with Crippen LogP contribution >= 0.6 is 11.8 Å². The van der Waals surface area contributed by atoms with Crippen LogP contribution in [0.15, 0.2) is 29.2 Å². The van der Waals surface area contributed by atoms with Crippen LogP contribution in [0.25, 0.3) is 0 Å². The second kappa shape index (κ2) is 5.85. The Morgan fingerprint density at radius 3 is 2.53 bits per heavy atom. The fraction of sp³-hybridized carbons (Fsp3) is 0.571. The molecule has 0 bridgehead atoms. The van der Waals surface area contributed by atoms with Gasteiger partial charge in [-0.3, -0.25) is 0 Å². The third kappa shape index (κ3) is 2.98. The zero-order valence-corrected chi connectivity index (χ0v) is 13.3. The van der Waals surface area contributed by atoms with Crippen molar-refractivity contribution in [3.63, 3.8) is 0 Å². The molecule has 1 heterocycles. The van der Waals surface area contributed by atoms with Gasteiger partial charge in [-0.2, -0.15) is 16.1 Å². The molecule has 0 aliphatic carbocycles. The maximum Gasteiger partial charge on any atom is 0.243 e. The van der Waals surface area contributed by atoms with E-state index < -0.39 is 10.0 Å². The average Bonchev–Trinajstić information content (AvgIpc) is 2.39. The minimum atomic E-state index is -3.35. The van der Waals surface area contributed by atoms with Crippen molar-refractivity contribution >= 4 is 21.8 Å². The van der Waals surface area contributed by atoms with Crippen molar-refractivity contribution in [3.8, 4) is 0 Å². The maximum absolute atomic E-state index is 12.7. The van der Waals surface area contributed by atoms with E-state index >= 15 is 0 Å². The van der Waals surface area contributed by atoms with Gasteiger partial charge in [0.2, 0.25) is 10.0 Å². The van der Waals surface area contributed by atoms with E-state index in [9.17, 15) is 8.42 Å². The van der Waals surface area contributed by atoms with Gasteiger partial charge in [-0.15, -0.1) is 0 Å². The fourth-order valence-electron chi connectivity index (χ4n) is 2.52. The summed E-state index contributed by atoms with van der Waals surface area (Å²) in [5, 5.41) is 0.360. The van der Waals surface area contributed by atoms with Gasteiger partial charge < -0.3 is 0 Å². The van der Waals surface area contributed by atoms with Crippen LogP contribution in [-0.2, 0) is 10.0 Å². The molecule has 5 heteroatoms. The van der Waals surface area contributed by atoms with Crippen LogP contribution in [0.5, 0.6) is 0 Å². The fourth-order valence-corrected chi connectivity index (χ4v) is 5.72. The highest BCUT2D eigenvalue weighted by atomic mass is 32.2. The number of hydrogen-bond donors (Lipinski definition) is 0. The van der Waals surface area contributed by atoms with Gasteiger partial charge in [-0.25, -0.2) is 8.42 Å². The Hall–Kier alpha value is -0.520. The average molecular weight is 299 g/mol. The van der Waals surface area contributed by atoms with Crippen LogP contribution in [-0.4, -0.2) is 36.3 Å². The lowest BCUT2D eigenvalue weighted by Gasteiger charge is -2.38. The second-order valence-corrected chi connectivity index (χ2v) is 8.36. The molecule has 1 saturated heterocycles. The molecule has 3 nitrogen and oxygen atoms in total. The van der Waals surface area contributed by atoms with Crippen molar-refractivity contribution in [2.75, 3.05) is 12.3 Å². The van der Waals surface area contributed by atoms with Crippen LogP contribution in [0.3, 0.4) is 0 Å². The van der Waals surface area contributed by atoms with E-state index in [0.717, 1.165) is 17.7 Å². The van der Waals surface area contributed by atoms with E-state index in [4.69, 9.17) is 0 Å². The molecular formula is C14H21NO2S2. The van der Waals surface area contributed by atoms with Crippen LogP contribution < -0.4 is 0 Å². The molecule has 2 atom stereocenters. The highest BCUT2D eigenvalue weighted by Crippen LogP contribution is 2.31. The first-order valence-electron chi connectivity index (χ1n) is 6.67. The lowest BCUT2D eigenvalue weighted by molar-refractivity contribution is 0.313. The lowest BCUT2D eigenvalue weighted by atomic mass is 10.1. The highest BCUT2D eigenvalue weighted by molar-refractivity contribution is 8.00. The minimum Gasteiger partial charge on any atom is -0.207 e. The summed E-state index contributed by atoms with van der Waals surface area (Å²) in [4.78, 5) is 0.413. The van der Waals surface area contributed by atoms with Crippen molar-refractivity contribution in [1.82, 2.24) is 4.31 Å². The van der Waals surface area contributed by atoms with E-state index in [2.05, 4.69) is 13.8 Å². The van der Waals surface area contributed by atoms with Gasteiger partial charge in [-0.05, 0) is 25.5 Å². The molecule has 1 aliphatic rings. The summed E-state index contributed by atoms with van der Waals surface area (Å²) in [6, 6.07) is 7.24. The van der Waals surface area contributed by atoms with Crippen molar-refractivity contribution in [1.29, 1.82) is 0 Å². The summed E-state index contributed by atoms with van der Waals surface area (Å²) in [5.74, 6) is 0.878. The molecule has 0 spiro atoms. The smallest absolute Gasteiger partial charge is 0.207 e. The van der Waals surface area contributed by atoms with E-state index in [1.165, 1.54) is 0 Å². The molecule has 0 aromatic heterocycles. The van der Waals surface area contributed by atoms with Crippen LogP contribution in [0.1, 0.15) is 25.8 Å². The number of hydrogen-bond acceptors (Lipinski definition) is 3. The van der Waals surface area contributed by atoms with E-state index in [1.807, 2.05) is 30.8 Å². The molecule has 2 unspecified atom stereocenters. The molecule has 106 valence electrons. The predicted octanol–water partition coefficient (Wildman–Crippen LogP) is 2.90. The Morgan fingerprint density at radius 1 is 1.32 bits per heavy atom. The standard InChI is InChI=1S/C14H21NO2S2/c1-4-14-12(3)18-10-9-15(14)19(16,17)13-7-5-11(2)6-8-13/h5-8,12,14H,4,9-10H2,1-3H3. The zero-order valence-electron chi connectivity index (χ0n) is 11.7. The predicted molar refractivity (Wildman–Crippen MR) is 81.1 cm³/mol. The quantitative estimate of drug-likeness (QED) is 0.861. The molecular weight excluding hydrogens is 278 g/mol. The van der Waals surface area contributed by atoms with E-state index in [-0.39, 0.29) is 6.04 Å². The third-order valence-corrected chi connectivity index (χ3v) is 6.85. The number of benzene rings is 1. The number of rotatable bonds is 3. The molecule has 0 radical (unpaired) electrons. The maximum atomic E-state index is 12.7. The second-order valence-electron chi connectivity index (χ2n) is 4.98. The van der Waals surface area contributed by atoms with E-state index in [1.54, 1.807) is 16.4 Å². The first-order valence-corrected chi connectivity index (χ1v) is 9.16. The van der Waals surface area contributed by atoms with Gasteiger partial charge in [0, 0.05) is 23.6 Å². The minimum absolute atomic E-state index is 0.102. The van der Waals surface area contributed by atoms with Gasteiger partial charge in [-0.1, -0.05) is 31.5 Å². The van der Waals surface area contributed by atoms with Crippen molar-refractivity contribution in [3.05, 3.63) is 29.8 Å². The van der Waals surface area contributed by atoms with Crippen molar-refractivity contribution in [2.24, 2.45) is 0 Å². The first kappa shape index (κ1) is 14.9. The van der Waals surface area contributed by atoms with Crippen molar-refractivity contribution in [2.45, 2.75) is 43.4 Å². The normalized spacial score (nSPS) is 25.4. The highest BCUT2D eigenvalue weighted by Gasteiger charge is 2.36. The van der Waals surface area contributed by atoms with Crippen LogP contribution in [0, 0.1) is 6.92 Å². The van der Waals surface area contributed by atoms with Crippen molar-refractivity contribution < 1.29 is 8.42 Å². The Bertz CT molecular complexity index is 525. The van der Waals surface area contributed by atoms with E-state index in [0.29, 0.717) is 16.7 Å². The molecule has 1 aromatic rings. The SMILES string of the molecule is CCC1C(C)SCCN1S(=O)(=O)c1ccc(C)cc1. The van der Waals surface area contributed by atoms with Crippen LogP contribution in [0.4, 0.5) is 0 Å². The van der Waals surface area contributed by atoms with Gasteiger partial charge in [0.15, 0.2) is 0 Å². The van der Waals surface area contributed by atoms with Gasteiger partial charge in [0.1, 0.15) is 0 Å². The Labute approximate surface area is 120 Å². The summed E-state index contributed by atoms with van der Waals surface area (Å²) < 4.78 is 27.2. The summed E-state index contributed by atoms with van der Waals surface area (Å²) >= 11 is 1.86. The molecule has 0 amide bonds. The van der Waals surface area contributed by atoms with Crippen LogP contribution in [0.2, 0.25) is 0 Å². The monoisotopic (exact) mass is 299 g/mol. The number of nitrogens with zero attached hydrogens (tertiary/aromatic N) is 1. The Morgan fingerprint density at radius 2 is 1.95 bits per heavy atom. The number of aryl methyl sites for hydroxylation is 1. The van der Waals surface area contributed by atoms with Gasteiger partial charge in [0.05, 0.1) is 4.90 Å². The van der Waals surface area contributed by atoms with Gasteiger partial charge >= 0.3 is 0 Å². The Balaban J connectivity index is 2.35. The first-order chi connectivity index (χ1) is 8.96. The number of thioether (sulfide) groups is 1.